The van der Waals surface area contributed by atoms with Crippen molar-refractivity contribution in [2.45, 2.75) is 6.92 Å². The number of urea groups is 1. The van der Waals surface area contributed by atoms with E-state index in [0.717, 1.165) is 6.07 Å². The average Bonchev–Trinajstić information content (AvgIpc) is 2.61. The van der Waals surface area contributed by atoms with E-state index in [1.54, 1.807) is 0 Å². The summed E-state index contributed by atoms with van der Waals surface area (Å²) >= 11 is 0. The number of benzene rings is 2. The van der Waals surface area contributed by atoms with Crippen molar-refractivity contribution in [3.63, 3.8) is 0 Å². The standard InChI is InChI=1S/C18H16FN3O5/c1-11(23)20-13-8-6-12(7-9-13)17(25)27-10-16(24)22-18(26)21-15-5-3-2-4-14(15)19/h2-9H,10H2,1H3,(H,20,23)(H2,21,22,24,26). The lowest BCUT2D eigenvalue weighted by molar-refractivity contribution is -0.123. The Kier molecular flexibility index (Phi) is 6.59. The number of amides is 4. The molecule has 0 aliphatic rings. The second-order valence-electron chi connectivity index (χ2n) is 5.32. The average molecular weight is 373 g/mol. The summed E-state index contributed by atoms with van der Waals surface area (Å²) in [7, 11) is 0. The Morgan fingerprint density at radius 1 is 0.963 bits per heavy atom. The van der Waals surface area contributed by atoms with Gasteiger partial charge >= 0.3 is 12.0 Å². The van der Waals surface area contributed by atoms with Crippen LogP contribution in [0.4, 0.5) is 20.6 Å². The van der Waals surface area contributed by atoms with Crippen molar-refractivity contribution in [3.05, 3.63) is 59.9 Å². The fourth-order valence-corrected chi connectivity index (χ4v) is 1.99. The monoisotopic (exact) mass is 373 g/mol. The second kappa shape index (κ2) is 9.09. The molecule has 0 unspecified atom stereocenters. The SMILES string of the molecule is CC(=O)Nc1ccc(C(=O)OCC(=O)NC(=O)Nc2ccccc2F)cc1. The molecule has 0 aliphatic carbocycles. The van der Waals surface area contributed by atoms with Gasteiger partial charge in [0.1, 0.15) is 5.82 Å². The van der Waals surface area contributed by atoms with Crippen LogP contribution in [0.15, 0.2) is 48.5 Å². The van der Waals surface area contributed by atoms with Crippen molar-refractivity contribution in [1.29, 1.82) is 0 Å². The number of anilines is 2. The Hall–Kier alpha value is -3.75. The van der Waals surface area contributed by atoms with Gasteiger partial charge in [0.25, 0.3) is 5.91 Å². The third-order valence-electron chi connectivity index (χ3n) is 3.15. The van der Waals surface area contributed by atoms with E-state index in [0.29, 0.717) is 5.69 Å². The maximum atomic E-state index is 13.4. The van der Waals surface area contributed by atoms with Gasteiger partial charge in [0.2, 0.25) is 5.91 Å². The number of carbonyl (C=O) groups excluding carboxylic acids is 4. The maximum absolute atomic E-state index is 13.4. The molecule has 0 fully saturated rings. The van der Waals surface area contributed by atoms with Crippen LogP contribution in [0.1, 0.15) is 17.3 Å². The lowest BCUT2D eigenvalue weighted by Crippen LogP contribution is -2.37. The van der Waals surface area contributed by atoms with E-state index < -0.39 is 30.3 Å². The highest BCUT2D eigenvalue weighted by atomic mass is 19.1. The molecule has 0 heterocycles. The Morgan fingerprint density at radius 3 is 2.26 bits per heavy atom. The van der Waals surface area contributed by atoms with Gasteiger partial charge in [0, 0.05) is 12.6 Å². The van der Waals surface area contributed by atoms with Gasteiger partial charge < -0.3 is 15.4 Å². The van der Waals surface area contributed by atoms with E-state index in [4.69, 9.17) is 4.74 Å². The van der Waals surface area contributed by atoms with E-state index >= 15 is 0 Å². The van der Waals surface area contributed by atoms with Crippen LogP contribution >= 0.6 is 0 Å². The van der Waals surface area contributed by atoms with Crippen LogP contribution in [-0.2, 0) is 14.3 Å². The van der Waals surface area contributed by atoms with E-state index in [1.807, 2.05) is 5.32 Å². The molecule has 2 aromatic carbocycles. The van der Waals surface area contributed by atoms with Crippen LogP contribution in [0.5, 0.6) is 0 Å². The summed E-state index contributed by atoms with van der Waals surface area (Å²) < 4.78 is 18.2. The molecule has 140 valence electrons. The molecule has 9 heteroatoms. The summed E-state index contributed by atoms with van der Waals surface area (Å²) in [6.07, 6.45) is 0. The first kappa shape index (κ1) is 19.6. The van der Waals surface area contributed by atoms with E-state index in [-0.39, 0.29) is 17.2 Å². The summed E-state index contributed by atoms with van der Waals surface area (Å²) in [5.41, 5.74) is 0.563. The first-order valence-corrected chi connectivity index (χ1v) is 7.75. The van der Waals surface area contributed by atoms with Gasteiger partial charge in [-0.2, -0.15) is 0 Å². The Morgan fingerprint density at radius 2 is 1.63 bits per heavy atom. The largest absolute Gasteiger partial charge is 0.452 e. The lowest BCUT2D eigenvalue weighted by atomic mass is 10.2. The minimum absolute atomic E-state index is 0.0981. The molecular formula is C18H16FN3O5. The second-order valence-corrected chi connectivity index (χ2v) is 5.32. The molecule has 3 N–H and O–H groups in total. The molecular weight excluding hydrogens is 357 g/mol. The zero-order chi connectivity index (χ0) is 19.8. The van der Waals surface area contributed by atoms with Crippen LogP contribution in [0.2, 0.25) is 0 Å². The molecule has 2 aromatic rings. The minimum Gasteiger partial charge on any atom is -0.452 e. The molecule has 0 aliphatic heterocycles. The smallest absolute Gasteiger partial charge is 0.338 e. The van der Waals surface area contributed by atoms with Crippen LogP contribution < -0.4 is 16.0 Å². The molecule has 4 amide bonds. The summed E-state index contributed by atoms with van der Waals surface area (Å²) in [4.78, 5) is 46.1. The van der Waals surface area contributed by atoms with Crippen LogP contribution in [-0.4, -0.2) is 30.4 Å². The molecule has 27 heavy (non-hydrogen) atoms. The Bertz CT molecular complexity index is 868. The van der Waals surface area contributed by atoms with Gasteiger partial charge in [-0.3, -0.25) is 14.9 Å². The van der Waals surface area contributed by atoms with E-state index in [1.165, 1.54) is 49.4 Å². The number of rotatable bonds is 5. The first-order valence-electron chi connectivity index (χ1n) is 7.75. The van der Waals surface area contributed by atoms with Gasteiger partial charge in [-0.1, -0.05) is 12.1 Å². The highest BCUT2D eigenvalue weighted by molar-refractivity contribution is 6.02. The van der Waals surface area contributed by atoms with Crippen LogP contribution in [0, 0.1) is 5.82 Å². The molecule has 0 saturated heterocycles. The van der Waals surface area contributed by atoms with Crippen molar-refractivity contribution in [3.8, 4) is 0 Å². The number of imide groups is 1. The lowest BCUT2D eigenvalue weighted by Gasteiger charge is -2.08. The predicted octanol–water partition coefficient (Wildman–Crippen LogP) is 2.29. The third kappa shape index (κ3) is 6.24. The summed E-state index contributed by atoms with van der Waals surface area (Å²) in [6, 6.07) is 10.3. The summed E-state index contributed by atoms with van der Waals surface area (Å²) in [5.74, 6) is -2.58. The molecule has 0 radical (unpaired) electrons. The van der Waals surface area contributed by atoms with Gasteiger partial charge in [-0.25, -0.2) is 14.0 Å². The van der Waals surface area contributed by atoms with Crippen molar-refractivity contribution in [2.75, 3.05) is 17.2 Å². The van der Waals surface area contributed by atoms with Gasteiger partial charge in [0.15, 0.2) is 6.61 Å². The summed E-state index contributed by atoms with van der Waals surface area (Å²) in [5, 5.41) is 6.61. The number of halogens is 1. The molecule has 0 bridgehead atoms. The van der Waals surface area contributed by atoms with Gasteiger partial charge in [-0.15, -0.1) is 0 Å². The van der Waals surface area contributed by atoms with Gasteiger partial charge in [0.05, 0.1) is 11.3 Å². The number of esters is 1. The third-order valence-corrected chi connectivity index (χ3v) is 3.15. The first-order chi connectivity index (χ1) is 12.8. The summed E-state index contributed by atoms with van der Waals surface area (Å²) in [6.45, 7) is 0.653. The number of para-hydroxylation sites is 1. The van der Waals surface area contributed by atoms with Crippen molar-refractivity contribution < 1.29 is 28.3 Å². The zero-order valence-electron chi connectivity index (χ0n) is 14.2. The number of carbonyl (C=O) groups is 4. The molecule has 2 rings (SSSR count). The number of hydrogen-bond acceptors (Lipinski definition) is 5. The number of hydrogen-bond donors (Lipinski definition) is 3. The van der Waals surface area contributed by atoms with Crippen LogP contribution in [0.25, 0.3) is 0 Å². The highest BCUT2D eigenvalue weighted by Gasteiger charge is 2.13. The molecule has 0 aromatic heterocycles. The quantitative estimate of drug-likeness (QED) is 0.696. The highest BCUT2D eigenvalue weighted by Crippen LogP contribution is 2.12. The predicted molar refractivity (Wildman–Crippen MR) is 94.6 cm³/mol. The van der Waals surface area contributed by atoms with E-state index in [9.17, 15) is 23.6 Å². The number of nitrogens with one attached hydrogen (secondary N) is 3. The Balaban J connectivity index is 1.80. The Labute approximate surface area is 153 Å². The van der Waals surface area contributed by atoms with Gasteiger partial charge in [-0.05, 0) is 36.4 Å². The normalized spacial score (nSPS) is 9.85. The fraction of sp³-hybridized carbons (Fsp3) is 0.111. The topological polar surface area (TPSA) is 114 Å². The van der Waals surface area contributed by atoms with Crippen molar-refractivity contribution in [2.24, 2.45) is 0 Å². The molecule has 0 spiro atoms. The molecule has 0 atom stereocenters. The van der Waals surface area contributed by atoms with Crippen LogP contribution in [0.3, 0.4) is 0 Å². The van der Waals surface area contributed by atoms with Crippen molar-refractivity contribution in [1.82, 2.24) is 5.32 Å². The molecule has 8 nitrogen and oxygen atoms in total. The number of ether oxygens (including phenoxy) is 1. The minimum atomic E-state index is -0.958. The molecule has 0 saturated carbocycles. The maximum Gasteiger partial charge on any atom is 0.338 e. The van der Waals surface area contributed by atoms with E-state index in [2.05, 4.69) is 10.6 Å². The fourth-order valence-electron chi connectivity index (χ4n) is 1.99. The zero-order valence-corrected chi connectivity index (χ0v) is 14.2. The van der Waals surface area contributed by atoms with Crippen molar-refractivity contribution >= 4 is 35.2 Å².